The van der Waals surface area contributed by atoms with Crippen molar-refractivity contribution in [2.75, 3.05) is 18.8 Å². The third kappa shape index (κ3) is 1.98. The first-order valence-electron chi connectivity index (χ1n) is 6.20. The Bertz CT molecular complexity index is 530. The molecule has 2 heterocycles. The van der Waals surface area contributed by atoms with Crippen molar-refractivity contribution < 1.29 is 0 Å². The molecule has 1 aromatic heterocycles. The number of hydrogen-bond acceptors (Lipinski definition) is 3. The number of para-hydroxylation sites is 1. The van der Waals surface area contributed by atoms with Gasteiger partial charge in [0.05, 0.1) is 16.9 Å². The molecule has 0 saturated carbocycles. The summed E-state index contributed by atoms with van der Waals surface area (Å²) >= 11 is 0. The van der Waals surface area contributed by atoms with Crippen molar-refractivity contribution in [1.29, 1.82) is 0 Å². The van der Waals surface area contributed by atoms with E-state index >= 15 is 0 Å². The predicted molar refractivity (Wildman–Crippen MR) is 71.0 cm³/mol. The van der Waals surface area contributed by atoms with Crippen LogP contribution in [0.3, 0.4) is 0 Å². The van der Waals surface area contributed by atoms with Crippen molar-refractivity contribution in [3.63, 3.8) is 0 Å². The summed E-state index contributed by atoms with van der Waals surface area (Å²) in [6.07, 6.45) is 2.27. The van der Waals surface area contributed by atoms with Crippen LogP contribution in [0.25, 0.3) is 10.9 Å². The van der Waals surface area contributed by atoms with Crippen molar-refractivity contribution in [3.8, 4) is 0 Å². The van der Waals surface area contributed by atoms with Crippen LogP contribution in [-0.4, -0.2) is 18.1 Å². The highest BCUT2D eigenvalue weighted by molar-refractivity contribution is 5.82. The van der Waals surface area contributed by atoms with Crippen LogP contribution in [0.2, 0.25) is 0 Å². The number of benzene rings is 1. The first kappa shape index (κ1) is 10.5. The van der Waals surface area contributed by atoms with Crippen LogP contribution in [0.1, 0.15) is 24.5 Å². The number of rotatable bonds is 1. The van der Waals surface area contributed by atoms with Crippen molar-refractivity contribution in [2.24, 2.45) is 0 Å². The molecule has 0 atom stereocenters. The lowest BCUT2D eigenvalue weighted by Gasteiger charge is -2.23. The number of piperidine rings is 1. The Hall–Kier alpha value is -1.61. The molecular weight excluding hydrogens is 210 g/mol. The number of fused-ring (bicyclic) bond motifs is 1. The summed E-state index contributed by atoms with van der Waals surface area (Å²) in [7, 11) is 0. The van der Waals surface area contributed by atoms with Gasteiger partial charge in [0.1, 0.15) is 0 Å². The molecule has 3 nitrogen and oxygen atoms in total. The Labute approximate surface area is 101 Å². The maximum Gasteiger partial charge on any atom is 0.0707 e. The van der Waals surface area contributed by atoms with Crippen LogP contribution < -0.4 is 11.1 Å². The normalized spacial score (nSPS) is 17.4. The molecule has 17 heavy (non-hydrogen) atoms. The van der Waals surface area contributed by atoms with Gasteiger partial charge in [-0.3, -0.25) is 4.98 Å². The summed E-state index contributed by atoms with van der Waals surface area (Å²) in [5.74, 6) is 0.515. The molecule has 88 valence electrons. The van der Waals surface area contributed by atoms with E-state index in [9.17, 15) is 0 Å². The smallest absolute Gasteiger partial charge is 0.0707 e. The maximum atomic E-state index is 6.13. The molecule has 1 aromatic carbocycles. The summed E-state index contributed by atoms with van der Waals surface area (Å²) in [4.78, 5) is 4.75. The molecule has 1 fully saturated rings. The molecule has 0 amide bonds. The zero-order valence-electron chi connectivity index (χ0n) is 9.82. The molecule has 1 aliphatic heterocycles. The molecule has 0 unspecified atom stereocenters. The van der Waals surface area contributed by atoms with Gasteiger partial charge in [0, 0.05) is 11.3 Å². The third-order valence-electron chi connectivity index (χ3n) is 3.51. The van der Waals surface area contributed by atoms with Crippen molar-refractivity contribution in [1.82, 2.24) is 10.3 Å². The molecule has 3 N–H and O–H groups in total. The highest BCUT2D eigenvalue weighted by atomic mass is 14.9. The van der Waals surface area contributed by atoms with Gasteiger partial charge in [0.15, 0.2) is 0 Å². The first-order chi connectivity index (χ1) is 8.34. The minimum atomic E-state index is 0.515. The Balaban J connectivity index is 2.06. The van der Waals surface area contributed by atoms with Crippen LogP contribution >= 0.6 is 0 Å². The van der Waals surface area contributed by atoms with Crippen LogP contribution in [0.4, 0.5) is 5.69 Å². The number of nitrogens with zero attached hydrogens (tertiary/aromatic N) is 1. The van der Waals surface area contributed by atoms with Crippen LogP contribution in [0, 0.1) is 0 Å². The monoisotopic (exact) mass is 227 g/mol. The van der Waals surface area contributed by atoms with Gasteiger partial charge in [0.25, 0.3) is 0 Å². The summed E-state index contributed by atoms with van der Waals surface area (Å²) in [5, 5.41) is 4.50. The van der Waals surface area contributed by atoms with Crippen LogP contribution in [0.5, 0.6) is 0 Å². The summed E-state index contributed by atoms with van der Waals surface area (Å²) < 4.78 is 0. The van der Waals surface area contributed by atoms with Gasteiger partial charge in [-0.2, -0.15) is 0 Å². The van der Waals surface area contributed by atoms with E-state index in [4.69, 9.17) is 10.7 Å². The molecule has 3 heteroatoms. The fourth-order valence-electron chi connectivity index (χ4n) is 2.57. The first-order valence-corrected chi connectivity index (χ1v) is 6.20. The van der Waals surface area contributed by atoms with Gasteiger partial charge in [-0.1, -0.05) is 18.2 Å². The molecule has 0 radical (unpaired) electrons. The lowest BCUT2D eigenvalue weighted by atomic mass is 9.92. The van der Waals surface area contributed by atoms with E-state index in [1.54, 1.807) is 0 Å². The fraction of sp³-hybridized carbons (Fsp3) is 0.357. The highest BCUT2D eigenvalue weighted by Crippen LogP contribution is 2.30. The highest BCUT2D eigenvalue weighted by Gasteiger charge is 2.19. The second kappa shape index (κ2) is 4.34. The number of nitrogens with two attached hydrogens (primary N) is 1. The summed E-state index contributed by atoms with van der Waals surface area (Å²) in [6, 6.07) is 10.2. The second-order valence-corrected chi connectivity index (χ2v) is 4.68. The molecule has 0 bridgehead atoms. The minimum Gasteiger partial charge on any atom is -0.397 e. The maximum absolute atomic E-state index is 6.13. The number of aromatic nitrogens is 1. The number of nitrogens with one attached hydrogen (secondary N) is 1. The van der Waals surface area contributed by atoms with E-state index in [0.29, 0.717) is 5.92 Å². The topological polar surface area (TPSA) is 50.9 Å². The SMILES string of the molecule is Nc1cc2ccccc2nc1C1CCNCC1. The standard InChI is InChI=1S/C14H17N3/c15-12-9-11-3-1-2-4-13(11)17-14(12)10-5-7-16-8-6-10/h1-4,9-10,16H,5-8,15H2. The molecule has 3 rings (SSSR count). The van der Waals surface area contributed by atoms with Gasteiger partial charge in [0.2, 0.25) is 0 Å². The van der Waals surface area contributed by atoms with Gasteiger partial charge in [-0.05, 0) is 38.1 Å². The van der Waals surface area contributed by atoms with Crippen LogP contribution in [0.15, 0.2) is 30.3 Å². The van der Waals surface area contributed by atoms with E-state index in [1.165, 1.54) is 0 Å². The van der Waals surface area contributed by atoms with Crippen molar-refractivity contribution in [2.45, 2.75) is 18.8 Å². The Morgan fingerprint density at radius 3 is 2.76 bits per heavy atom. The van der Waals surface area contributed by atoms with E-state index in [2.05, 4.69) is 23.5 Å². The molecule has 2 aromatic rings. The molecule has 1 aliphatic rings. The Morgan fingerprint density at radius 1 is 1.18 bits per heavy atom. The molecule has 1 saturated heterocycles. The van der Waals surface area contributed by atoms with Gasteiger partial charge < -0.3 is 11.1 Å². The average Bonchev–Trinajstić information content (AvgIpc) is 2.39. The second-order valence-electron chi connectivity index (χ2n) is 4.68. The number of anilines is 1. The largest absolute Gasteiger partial charge is 0.397 e. The summed E-state index contributed by atoms with van der Waals surface area (Å²) in [5.41, 5.74) is 9.12. The van der Waals surface area contributed by atoms with E-state index in [-0.39, 0.29) is 0 Å². The van der Waals surface area contributed by atoms with Crippen molar-refractivity contribution >= 4 is 16.6 Å². The lowest BCUT2D eigenvalue weighted by Crippen LogP contribution is -2.27. The molecule has 0 aliphatic carbocycles. The average molecular weight is 227 g/mol. The van der Waals surface area contributed by atoms with E-state index < -0.39 is 0 Å². The van der Waals surface area contributed by atoms with E-state index in [1.807, 2.05) is 12.1 Å². The molecule has 0 spiro atoms. The zero-order chi connectivity index (χ0) is 11.7. The summed E-state index contributed by atoms with van der Waals surface area (Å²) in [6.45, 7) is 2.14. The predicted octanol–water partition coefficient (Wildman–Crippen LogP) is 2.28. The van der Waals surface area contributed by atoms with E-state index in [0.717, 1.165) is 48.2 Å². The van der Waals surface area contributed by atoms with Gasteiger partial charge in [-0.15, -0.1) is 0 Å². The number of nitrogen functional groups attached to an aromatic ring is 1. The number of hydrogen-bond donors (Lipinski definition) is 2. The van der Waals surface area contributed by atoms with Crippen molar-refractivity contribution in [3.05, 3.63) is 36.0 Å². The zero-order valence-corrected chi connectivity index (χ0v) is 9.82. The lowest BCUT2D eigenvalue weighted by molar-refractivity contribution is 0.455. The number of pyridine rings is 1. The van der Waals surface area contributed by atoms with Gasteiger partial charge >= 0.3 is 0 Å². The van der Waals surface area contributed by atoms with Crippen LogP contribution in [-0.2, 0) is 0 Å². The Kier molecular flexibility index (Phi) is 2.69. The Morgan fingerprint density at radius 2 is 1.94 bits per heavy atom. The molecular formula is C14H17N3. The van der Waals surface area contributed by atoms with Gasteiger partial charge in [-0.25, -0.2) is 0 Å². The third-order valence-corrected chi connectivity index (χ3v) is 3.51. The fourth-order valence-corrected chi connectivity index (χ4v) is 2.57. The quantitative estimate of drug-likeness (QED) is 0.786. The minimum absolute atomic E-state index is 0.515.